The molecule has 7 nitrogen and oxygen atoms in total. The number of anilines is 1. The van der Waals surface area contributed by atoms with Gasteiger partial charge in [0.25, 0.3) is 0 Å². The Labute approximate surface area is 166 Å². The van der Waals surface area contributed by atoms with E-state index in [1.165, 1.54) is 6.08 Å². The molecular weight excluding hydrogens is 368 g/mol. The average molecular weight is 384 g/mol. The zero-order valence-corrected chi connectivity index (χ0v) is 15.3. The standard InChI is InChI=1S/C22H16N4O3/c27-21(9-3-15-2-8-19-20(12-15)29-14-28-19)24-17-6-4-16(5-7-17)18-13-26-11-1-10-23-22(26)25-18/h1-13H,14H2,(H,24,27)/b9-3+. The largest absolute Gasteiger partial charge is 0.454 e. The molecule has 1 aliphatic rings. The second-order valence-electron chi connectivity index (χ2n) is 6.47. The van der Waals surface area contributed by atoms with Crippen LogP contribution in [0.25, 0.3) is 23.1 Å². The van der Waals surface area contributed by atoms with E-state index >= 15 is 0 Å². The second kappa shape index (κ2) is 7.12. The van der Waals surface area contributed by atoms with Crippen LogP contribution in [0.3, 0.4) is 0 Å². The van der Waals surface area contributed by atoms with Crippen LogP contribution in [0, 0.1) is 0 Å². The third-order valence-corrected chi connectivity index (χ3v) is 4.51. The van der Waals surface area contributed by atoms with Crippen LogP contribution in [0.5, 0.6) is 11.5 Å². The molecule has 1 N–H and O–H groups in total. The fraction of sp³-hybridized carbons (Fsp3) is 0.0455. The number of hydrogen-bond donors (Lipinski definition) is 1. The first-order valence-corrected chi connectivity index (χ1v) is 9.03. The monoisotopic (exact) mass is 384 g/mol. The average Bonchev–Trinajstić information content (AvgIpc) is 3.39. The van der Waals surface area contributed by atoms with Crippen molar-refractivity contribution in [2.24, 2.45) is 0 Å². The summed E-state index contributed by atoms with van der Waals surface area (Å²) in [5, 5.41) is 2.85. The third kappa shape index (κ3) is 3.53. The summed E-state index contributed by atoms with van der Waals surface area (Å²) in [5.74, 6) is 1.83. The van der Waals surface area contributed by atoms with Crippen LogP contribution in [0.4, 0.5) is 5.69 Å². The molecule has 1 aliphatic heterocycles. The molecular formula is C22H16N4O3. The molecule has 4 aromatic rings. The molecule has 1 amide bonds. The van der Waals surface area contributed by atoms with Crippen LogP contribution in [0.15, 0.2) is 73.2 Å². The van der Waals surface area contributed by atoms with Crippen molar-refractivity contribution >= 4 is 23.4 Å². The number of aromatic nitrogens is 3. The molecule has 0 aliphatic carbocycles. The van der Waals surface area contributed by atoms with Gasteiger partial charge in [-0.1, -0.05) is 18.2 Å². The maximum Gasteiger partial charge on any atom is 0.248 e. The number of fused-ring (bicyclic) bond motifs is 2. The molecule has 2 aromatic carbocycles. The van der Waals surface area contributed by atoms with Crippen LogP contribution < -0.4 is 14.8 Å². The molecule has 0 fully saturated rings. The van der Waals surface area contributed by atoms with E-state index in [4.69, 9.17) is 9.47 Å². The number of carbonyl (C=O) groups excluding carboxylic acids is 1. The van der Waals surface area contributed by atoms with Crippen molar-refractivity contribution in [3.63, 3.8) is 0 Å². The van der Waals surface area contributed by atoms with Crippen molar-refractivity contribution in [3.05, 3.63) is 78.8 Å². The second-order valence-corrected chi connectivity index (χ2v) is 6.47. The minimum atomic E-state index is -0.215. The highest BCUT2D eigenvalue weighted by Gasteiger charge is 2.12. The van der Waals surface area contributed by atoms with Gasteiger partial charge in [0.15, 0.2) is 11.5 Å². The molecule has 0 unspecified atom stereocenters. The molecule has 5 rings (SSSR count). The Balaban J connectivity index is 1.26. The van der Waals surface area contributed by atoms with E-state index in [9.17, 15) is 4.79 Å². The summed E-state index contributed by atoms with van der Waals surface area (Å²) >= 11 is 0. The Morgan fingerprint density at radius 3 is 2.83 bits per heavy atom. The summed E-state index contributed by atoms with van der Waals surface area (Å²) in [4.78, 5) is 20.9. The fourth-order valence-electron chi connectivity index (χ4n) is 3.07. The van der Waals surface area contributed by atoms with Gasteiger partial charge in [0, 0.05) is 35.9 Å². The molecule has 3 heterocycles. The molecule has 0 atom stereocenters. The third-order valence-electron chi connectivity index (χ3n) is 4.51. The van der Waals surface area contributed by atoms with E-state index in [0.29, 0.717) is 23.0 Å². The lowest BCUT2D eigenvalue weighted by atomic mass is 10.1. The smallest absolute Gasteiger partial charge is 0.248 e. The predicted molar refractivity (Wildman–Crippen MR) is 109 cm³/mol. The number of rotatable bonds is 4. The quantitative estimate of drug-likeness (QED) is 0.542. The van der Waals surface area contributed by atoms with Crippen LogP contribution >= 0.6 is 0 Å². The zero-order valence-electron chi connectivity index (χ0n) is 15.3. The van der Waals surface area contributed by atoms with E-state index < -0.39 is 0 Å². The molecule has 0 radical (unpaired) electrons. The van der Waals surface area contributed by atoms with Gasteiger partial charge in [-0.25, -0.2) is 9.97 Å². The molecule has 0 saturated heterocycles. The van der Waals surface area contributed by atoms with Gasteiger partial charge in [-0.2, -0.15) is 0 Å². The van der Waals surface area contributed by atoms with Crippen molar-refractivity contribution in [2.45, 2.75) is 0 Å². The molecule has 0 saturated carbocycles. The van der Waals surface area contributed by atoms with E-state index in [2.05, 4.69) is 15.3 Å². The Kier molecular flexibility index (Phi) is 4.18. The minimum Gasteiger partial charge on any atom is -0.454 e. The lowest BCUT2D eigenvalue weighted by Crippen LogP contribution is -2.07. The van der Waals surface area contributed by atoms with E-state index in [0.717, 1.165) is 16.8 Å². The lowest BCUT2D eigenvalue weighted by molar-refractivity contribution is -0.111. The number of nitrogens with one attached hydrogen (secondary N) is 1. The highest BCUT2D eigenvalue weighted by Crippen LogP contribution is 2.32. The van der Waals surface area contributed by atoms with Gasteiger partial charge >= 0.3 is 0 Å². The van der Waals surface area contributed by atoms with Crippen molar-refractivity contribution in [1.29, 1.82) is 0 Å². The summed E-state index contributed by atoms with van der Waals surface area (Å²) in [5.41, 5.74) is 3.34. The van der Waals surface area contributed by atoms with Crippen molar-refractivity contribution in [2.75, 3.05) is 12.1 Å². The van der Waals surface area contributed by atoms with E-state index in [1.54, 1.807) is 12.3 Å². The lowest BCUT2D eigenvalue weighted by Gasteiger charge is -2.03. The maximum absolute atomic E-state index is 12.2. The number of nitrogens with zero attached hydrogens (tertiary/aromatic N) is 3. The Morgan fingerprint density at radius 2 is 1.97 bits per heavy atom. The van der Waals surface area contributed by atoms with Gasteiger partial charge in [0.1, 0.15) is 0 Å². The van der Waals surface area contributed by atoms with Gasteiger partial charge in [-0.3, -0.25) is 9.20 Å². The predicted octanol–water partition coefficient (Wildman–Crippen LogP) is 3.78. The SMILES string of the molecule is O=C(/C=C/c1ccc2c(c1)OCO2)Nc1ccc(-c2cn3cccnc3n2)cc1. The number of carbonyl (C=O) groups is 1. The summed E-state index contributed by atoms with van der Waals surface area (Å²) < 4.78 is 12.5. The molecule has 0 spiro atoms. The fourth-order valence-corrected chi connectivity index (χ4v) is 3.07. The number of amides is 1. The molecule has 2 aromatic heterocycles. The van der Waals surface area contributed by atoms with Crippen LogP contribution in [0.2, 0.25) is 0 Å². The number of benzene rings is 2. The van der Waals surface area contributed by atoms with Gasteiger partial charge in [-0.15, -0.1) is 0 Å². The summed E-state index contributed by atoms with van der Waals surface area (Å²) in [7, 11) is 0. The maximum atomic E-state index is 12.2. The topological polar surface area (TPSA) is 77.8 Å². The number of imidazole rings is 1. The van der Waals surface area contributed by atoms with E-state index in [1.807, 2.05) is 65.3 Å². The summed E-state index contributed by atoms with van der Waals surface area (Å²) in [6.07, 6.45) is 8.75. The molecule has 0 bridgehead atoms. The number of ether oxygens (including phenoxy) is 2. The van der Waals surface area contributed by atoms with Gasteiger partial charge in [0.2, 0.25) is 18.5 Å². The normalized spacial score (nSPS) is 12.6. The Bertz CT molecular complexity index is 1200. The van der Waals surface area contributed by atoms with Gasteiger partial charge < -0.3 is 14.8 Å². The van der Waals surface area contributed by atoms with Crippen LogP contribution in [0.1, 0.15) is 5.56 Å². The van der Waals surface area contributed by atoms with Crippen molar-refractivity contribution in [3.8, 4) is 22.8 Å². The van der Waals surface area contributed by atoms with Crippen LogP contribution in [-0.2, 0) is 4.79 Å². The highest BCUT2D eigenvalue weighted by molar-refractivity contribution is 6.02. The van der Waals surface area contributed by atoms with Crippen molar-refractivity contribution in [1.82, 2.24) is 14.4 Å². The Hall–Kier alpha value is -4.13. The van der Waals surface area contributed by atoms with Gasteiger partial charge in [0.05, 0.1) is 5.69 Å². The van der Waals surface area contributed by atoms with Gasteiger partial charge in [-0.05, 0) is 42.0 Å². The first-order chi connectivity index (χ1) is 14.2. The Morgan fingerprint density at radius 1 is 1.10 bits per heavy atom. The molecule has 29 heavy (non-hydrogen) atoms. The first-order valence-electron chi connectivity index (χ1n) is 9.03. The molecule has 7 heteroatoms. The molecule has 142 valence electrons. The van der Waals surface area contributed by atoms with Crippen LogP contribution in [-0.4, -0.2) is 27.1 Å². The first kappa shape index (κ1) is 17.0. The summed E-state index contributed by atoms with van der Waals surface area (Å²) in [6.45, 7) is 0.227. The number of hydrogen-bond acceptors (Lipinski definition) is 5. The van der Waals surface area contributed by atoms with E-state index in [-0.39, 0.29) is 12.7 Å². The highest BCUT2D eigenvalue weighted by atomic mass is 16.7. The minimum absolute atomic E-state index is 0.215. The zero-order chi connectivity index (χ0) is 19.6. The summed E-state index contributed by atoms with van der Waals surface area (Å²) in [6, 6.07) is 14.9. The van der Waals surface area contributed by atoms with Crippen molar-refractivity contribution < 1.29 is 14.3 Å².